The van der Waals surface area contributed by atoms with Crippen LogP contribution in [0.15, 0.2) is 48.5 Å². The number of amides is 3. The van der Waals surface area contributed by atoms with E-state index < -0.39 is 17.7 Å². The van der Waals surface area contributed by atoms with Gasteiger partial charge in [-0.1, -0.05) is 24.3 Å². The SMILES string of the molecule is C[C@H](NC(=O)N1CCC(C(=O)Nc2ccccc2)CC1)c1ccc(F)cc1F. The molecule has 0 unspecified atom stereocenters. The number of likely N-dealkylation sites (tertiary alicyclic amines) is 1. The van der Waals surface area contributed by atoms with Gasteiger partial charge in [0.1, 0.15) is 11.6 Å². The van der Waals surface area contributed by atoms with Crippen molar-refractivity contribution in [2.45, 2.75) is 25.8 Å². The molecule has 1 heterocycles. The number of nitrogens with zero attached hydrogens (tertiary/aromatic N) is 1. The van der Waals surface area contributed by atoms with Crippen LogP contribution < -0.4 is 10.6 Å². The zero-order valence-electron chi connectivity index (χ0n) is 15.6. The number of carbonyl (C=O) groups excluding carboxylic acids is 2. The maximum Gasteiger partial charge on any atom is 0.317 e. The van der Waals surface area contributed by atoms with E-state index >= 15 is 0 Å². The number of urea groups is 1. The third-order valence-corrected chi connectivity index (χ3v) is 4.96. The minimum atomic E-state index is -0.691. The minimum Gasteiger partial charge on any atom is -0.331 e. The van der Waals surface area contributed by atoms with Gasteiger partial charge in [0.25, 0.3) is 0 Å². The lowest BCUT2D eigenvalue weighted by molar-refractivity contribution is -0.121. The van der Waals surface area contributed by atoms with E-state index in [4.69, 9.17) is 0 Å². The third kappa shape index (κ3) is 4.85. The summed E-state index contributed by atoms with van der Waals surface area (Å²) in [5, 5.41) is 5.62. The van der Waals surface area contributed by atoms with Crippen LogP contribution in [0.3, 0.4) is 0 Å². The summed E-state index contributed by atoms with van der Waals surface area (Å²) < 4.78 is 26.9. The molecule has 0 bridgehead atoms. The topological polar surface area (TPSA) is 61.4 Å². The summed E-state index contributed by atoms with van der Waals surface area (Å²) in [6.07, 6.45) is 1.12. The Morgan fingerprint density at radius 1 is 1.07 bits per heavy atom. The molecule has 1 fully saturated rings. The molecule has 7 heteroatoms. The van der Waals surface area contributed by atoms with E-state index in [9.17, 15) is 18.4 Å². The van der Waals surface area contributed by atoms with Crippen molar-refractivity contribution in [1.29, 1.82) is 0 Å². The first-order valence-corrected chi connectivity index (χ1v) is 9.30. The molecule has 1 saturated heterocycles. The predicted molar refractivity (Wildman–Crippen MR) is 103 cm³/mol. The summed E-state index contributed by atoms with van der Waals surface area (Å²) in [5.74, 6) is -1.55. The molecule has 3 amide bonds. The van der Waals surface area contributed by atoms with Gasteiger partial charge in [-0.3, -0.25) is 4.79 Å². The van der Waals surface area contributed by atoms with Gasteiger partial charge >= 0.3 is 6.03 Å². The highest BCUT2D eigenvalue weighted by Gasteiger charge is 2.28. The molecular weight excluding hydrogens is 364 g/mol. The summed E-state index contributed by atoms with van der Waals surface area (Å²) in [4.78, 5) is 26.4. The van der Waals surface area contributed by atoms with Crippen molar-refractivity contribution in [3.63, 3.8) is 0 Å². The lowest BCUT2D eigenvalue weighted by Gasteiger charge is -2.32. The molecule has 3 rings (SSSR count). The molecule has 0 aromatic heterocycles. The number of carbonyl (C=O) groups is 2. The van der Waals surface area contributed by atoms with Crippen LogP contribution >= 0.6 is 0 Å². The highest BCUT2D eigenvalue weighted by molar-refractivity contribution is 5.92. The Kier molecular flexibility index (Phi) is 6.23. The monoisotopic (exact) mass is 387 g/mol. The first-order chi connectivity index (χ1) is 13.4. The fraction of sp³-hybridized carbons (Fsp3) is 0.333. The van der Waals surface area contributed by atoms with Crippen LogP contribution in [0.1, 0.15) is 31.4 Å². The lowest BCUT2D eigenvalue weighted by atomic mass is 9.96. The highest BCUT2D eigenvalue weighted by atomic mass is 19.1. The molecule has 0 spiro atoms. The van der Waals surface area contributed by atoms with Crippen molar-refractivity contribution in [2.75, 3.05) is 18.4 Å². The zero-order valence-corrected chi connectivity index (χ0v) is 15.6. The van der Waals surface area contributed by atoms with Crippen molar-refractivity contribution in [1.82, 2.24) is 10.2 Å². The van der Waals surface area contributed by atoms with Gasteiger partial charge < -0.3 is 15.5 Å². The Morgan fingerprint density at radius 2 is 1.75 bits per heavy atom. The number of rotatable bonds is 4. The predicted octanol–water partition coefficient (Wildman–Crippen LogP) is 4.09. The third-order valence-electron chi connectivity index (χ3n) is 4.96. The molecule has 0 aliphatic carbocycles. The van der Waals surface area contributed by atoms with E-state index in [1.165, 1.54) is 6.07 Å². The molecule has 0 radical (unpaired) electrons. The number of nitrogens with one attached hydrogen (secondary N) is 2. The summed E-state index contributed by atoms with van der Waals surface area (Å²) >= 11 is 0. The largest absolute Gasteiger partial charge is 0.331 e. The summed E-state index contributed by atoms with van der Waals surface area (Å²) in [5.41, 5.74) is 0.981. The van der Waals surface area contributed by atoms with Crippen LogP contribution in [0.4, 0.5) is 19.3 Å². The van der Waals surface area contributed by atoms with Crippen molar-refractivity contribution < 1.29 is 18.4 Å². The molecule has 1 aliphatic heterocycles. The average Bonchev–Trinajstić information content (AvgIpc) is 2.68. The molecule has 28 heavy (non-hydrogen) atoms. The number of hydrogen-bond acceptors (Lipinski definition) is 2. The van der Waals surface area contributed by atoms with E-state index in [0.717, 1.165) is 17.8 Å². The van der Waals surface area contributed by atoms with Crippen LogP contribution in [0.5, 0.6) is 0 Å². The maximum absolute atomic E-state index is 13.9. The Morgan fingerprint density at radius 3 is 2.39 bits per heavy atom. The molecule has 2 aromatic carbocycles. The maximum atomic E-state index is 13.9. The highest BCUT2D eigenvalue weighted by Crippen LogP contribution is 2.21. The van der Waals surface area contributed by atoms with E-state index in [-0.39, 0.29) is 23.4 Å². The fourth-order valence-electron chi connectivity index (χ4n) is 3.32. The smallest absolute Gasteiger partial charge is 0.317 e. The standard InChI is InChI=1S/C21H23F2N3O2/c1-14(18-8-7-16(22)13-19(18)23)24-21(28)26-11-9-15(10-12-26)20(27)25-17-5-3-2-4-6-17/h2-8,13-15H,9-12H2,1H3,(H,24,28)(H,25,27)/t14-/m0/s1. The van der Waals surface area contributed by atoms with E-state index in [1.54, 1.807) is 11.8 Å². The van der Waals surface area contributed by atoms with Crippen LogP contribution in [0, 0.1) is 17.6 Å². The second-order valence-electron chi connectivity index (χ2n) is 6.95. The van der Waals surface area contributed by atoms with Gasteiger partial charge in [0.15, 0.2) is 0 Å². The molecule has 1 aliphatic rings. The zero-order chi connectivity index (χ0) is 20.1. The van der Waals surface area contributed by atoms with Gasteiger partial charge in [-0.05, 0) is 38.0 Å². The number of benzene rings is 2. The normalized spacial score (nSPS) is 15.8. The average molecular weight is 387 g/mol. The van der Waals surface area contributed by atoms with Crippen LogP contribution in [-0.4, -0.2) is 29.9 Å². The Balaban J connectivity index is 1.50. The van der Waals surface area contributed by atoms with Gasteiger partial charge in [-0.2, -0.15) is 0 Å². The molecule has 5 nitrogen and oxygen atoms in total. The molecular formula is C21H23F2N3O2. The first kappa shape index (κ1) is 19.8. The molecule has 2 N–H and O–H groups in total. The van der Waals surface area contributed by atoms with Crippen molar-refractivity contribution in [2.24, 2.45) is 5.92 Å². The van der Waals surface area contributed by atoms with Gasteiger partial charge in [0.2, 0.25) is 5.91 Å². The van der Waals surface area contributed by atoms with Crippen LogP contribution in [-0.2, 0) is 4.79 Å². The van der Waals surface area contributed by atoms with E-state index in [1.807, 2.05) is 30.3 Å². The van der Waals surface area contributed by atoms with Gasteiger partial charge in [0.05, 0.1) is 6.04 Å². The first-order valence-electron chi connectivity index (χ1n) is 9.30. The molecule has 0 saturated carbocycles. The van der Waals surface area contributed by atoms with Gasteiger partial charge in [-0.15, -0.1) is 0 Å². The molecule has 2 aromatic rings. The van der Waals surface area contributed by atoms with E-state index in [0.29, 0.717) is 25.9 Å². The van der Waals surface area contributed by atoms with Crippen LogP contribution in [0.25, 0.3) is 0 Å². The number of halogens is 2. The second kappa shape index (κ2) is 8.82. The molecule has 1 atom stereocenters. The minimum absolute atomic E-state index is 0.0481. The van der Waals surface area contributed by atoms with Crippen molar-refractivity contribution in [3.8, 4) is 0 Å². The number of piperidine rings is 1. The van der Waals surface area contributed by atoms with E-state index in [2.05, 4.69) is 10.6 Å². The summed E-state index contributed by atoms with van der Waals surface area (Å²) in [6, 6.07) is 11.6. The Labute approximate surface area is 162 Å². The number of anilines is 1. The van der Waals surface area contributed by atoms with Gasteiger partial charge in [-0.25, -0.2) is 13.6 Å². The second-order valence-corrected chi connectivity index (χ2v) is 6.95. The molecule has 148 valence electrons. The Hall–Kier alpha value is -2.96. The van der Waals surface area contributed by atoms with Crippen molar-refractivity contribution in [3.05, 3.63) is 65.7 Å². The summed E-state index contributed by atoms with van der Waals surface area (Å²) in [7, 11) is 0. The summed E-state index contributed by atoms with van der Waals surface area (Å²) in [6.45, 7) is 2.53. The number of hydrogen-bond donors (Lipinski definition) is 2. The van der Waals surface area contributed by atoms with Crippen LogP contribution in [0.2, 0.25) is 0 Å². The number of para-hydroxylation sites is 1. The quantitative estimate of drug-likeness (QED) is 0.830. The Bertz CT molecular complexity index is 837. The van der Waals surface area contributed by atoms with Crippen molar-refractivity contribution >= 4 is 17.6 Å². The lowest BCUT2D eigenvalue weighted by Crippen LogP contribution is -2.46. The fourth-order valence-corrected chi connectivity index (χ4v) is 3.32. The van der Waals surface area contributed by atoms with Gasteiger partial charge in [0, 0.05) is 36.3 Å².